The highest BCUT2D eigenvalue weighted by molar-refractivity contribution is 6.43. The predicted octanol–water partition coefficient (Wildman–Crippen LogP) is 15.0. The number of aromatic nitrogens is 4. The van der Waals surface area contributed by atoms with Gasteiger partial charge in [-0.05, 0) is 88.5 Å². The summed E-state index contributed by atoms with van der Waals surface area (Å²) in [7, 11) is 0. The van der Waals surface area contributed by atoms with Gasteiger partial charge in [-0.2, -0.15) is 0 Å². The van der Waals surface area contributed by atoms with E-state index in [9.17, 15) is 0 Å². The zero-order chi connectivity index (χ0) is 39.3. The van der Waals surface area contributed by atoms with Crippen molar-refractivity contribution in [3.8, 4) is 78.9 Å². The summed E-state index contributed by atoms with van der Waals surface area (Å²) in [6.45, 7) is 0. The lowest BCUT2D eigenvalue weighted by atomic mass is 9.95. The van der Waals surface area contributed by atoms with E-state index >= 15 is 0 Å². The van der Waals surface area contributed by atoms with E-state index < -0.39 is 0 Å². The normalized spacial score (nSPS) is 11.4. The predicted molar refractivity (Wildman–Crippen MR) is 235 cm³/mol. The van der Waals surface area contributed by atoms with E-state index in [1.165, 1.54) is 0 Å². The van der Waals surface area contributed by atoms with Crippen LogP contribution in [0.5, 0.6) is 0 Å². The molecule has 10 aromatic rings. The summed E-state index contributed by atoms with van der Waals surface area (Å²) in [5.41, 5.74) is 14.0. The topological polar surface area (TPSA) is 77.8 Å². The molecule has 10 rings (SSSR count). The monoisotopic (exact) mass is 830 g/mol. The number of halogens is 4. The van der Waals surface area contributed by atoms with Gasteiger partial charge in [-0.3, -0.25) is 4.98 Å². The lowest BCUT2D eigenvalue weighted by Gasteiger charge is -2.13. The van der Waals surface area contributed by atoms with Crippen LogP contribution in [0.1, 0.15) is 0 Å². The number of hydrogen-bond acceptors (Lipinski definition) is 6. The summed E-state index contributed by atoms with van der Waals surface area (Å²) in [5.74, 6) is 1.01. The quantitative estimate of drug-likeness (QED) is 0.159. The lowest BCUT2D eigenvalue weighted by Crippen LogP contribution is -1.94. The lowest BCUT2D eigenvalue weighted by molar-refractivity contribution is 0.619. The molecule has 0 radical (unpaired) electrons. The summed E-state index contributed by atoms with van der Waals surface area (Å²) in [4.78, 5) is 19.0. The first-order valence-corrected chi connectivity index (χ1v) is 19.7. The third-order valence-electron chi connectivity index (χ3n) is 9.97. The molecular weight excluding hydrogens is 806 g/mol. The summed E-state index contributed by atoms with van der Waals surface area (Å²) < 4.78 is 11.9. The van der Waals surface area contributed by atoms with E-state index in [1.807, 2.05) is 48.5 Å². The molecule has 0 saturated carbocycles. The van der Waals surface area contributed by atoms with E-state index in [0.717, 1.165) is 67.2 Å². The first-order chi connectivity index (χ1) is 28.3. The Kier molecular flexibility index (Phi) is 9.27. The second-order valence-electron chi connectivity index (χ2n) is 13.6. The van der Waals surface area contributed by atoms with Crippen LogP contribution in [0.4, 0.5) is 0 Å². The van der Waals surface area contributed by atoms with Crippen molar-refractivity contribution in [1.82, 2.24) is 19.9 Å². The van der Waals surface area contributed by atoms with Crippen LogP contribution in [-0.4, -0.2) is 19.9 Å². The van der Waals surface area contributed by atoms with Crippen LogP contribution >= 0.6 is 46.4 Å². The molecule has 0 amide bonds. The van der Waals surface area contributed by atoms with E-state index in [4.69, 9.17) is 60.2 Å². The molecule has 58 heavy (non-hydrogen) atoms. The van der Waals surface area contributed by atoms with Crippen LogP contribution in [0.25, 0.3) is 101 Å². The van der Waals surface area contributed by atoms with Gasteiger partial charge in [0.15, 0.2) is 11.2 Å². The second kappa shape index (κ2) is 14.9. The minimum atomic E-state index is 0.426. The minimum Gasteiger partial charge on any atom is -0.436 e. The number of fused-ring (bicyclic) bond motifs is 2. The molecule has 0 bridgehead atoms. The molecular formula is C48H26Cl4N4O2. The fourth-order valence-electron chi connectivity index (χ4n) is 6.94. The molecule has 0 aliphatic rings. The first kappa shape index (κ1) is 36.1. The Bertz CT molecular complexity index is 3050. The maximum Gasteiger partial charge on any atom is 0.227 e. The van der Waals surface area contributed by atoms with Crippen molar-refractivity contribution in [1.29, 1.82) is 0 Å². The van der Waals surface area contributed by atoms with Crippen molar-refractivity contribution in [2.45, 2.75) is 0 Å². The van der Waals surface area contributed by atoms with Crippen molar-refractivity contribution >= 4 is 68.6 Å². The minimum absolute atomic E-state index is 0.426. The summed E-state index contributed by atoms with van der Waals surface area (Å²) in [5, 5.41) is 1.73. The van der Waals surface area contributed by atoms with Gasteiger partial charge in [0.05, 0.1) is 37.2 Å². The number of oxazole rings is 2. The Morgan fingerprint density at radius 2 is 0.793 bits per heavy atom. The van der Waals surface area contributed by atoms with Crippen LogP contribution < -0.4 is 0 Å². The van der Waals surface area contributed by atoms with Crippen LogP contribution in [-0.2, 0) is 0 Å². The Labute approximate surface area is 352 Å². The van der Waals surface area contributed by atoms with Crippen molar-refractivity contribution in [2.75, 3.05) is 0 Å². The largest absolute Gasteiger partial charge is 0.436 e. The average Bonchev–Trinajstić information content (AvgIpc) is 3.88. The second-order valence-corrected chi connectivity index (χ2v) is 15.3. The number of benzene rings is 6. The van der Waals surface area contributed by atoms with Gasteiger partial charge < -0.3 is 8.83 Å². The highest BCUT2D eigenvalue weighted by Gasteiger charge is 2.16. The van der Waals surface area contributed by atoms with Gasteiger partial charge in [-0.1, -0.05) is 125 Å². The Hall–Kier alpha value is -6.28. The third-order valence-corrected chi connectivity index (χ3v) is 11.4. The molecule has 6 aromatic carbocycles. The molecule has 0 aliphatic carbocycles. The van der Waals surface area contributed by atoms with E-state index in [2.05, 4.69) is 93.8 Å². The van der Waals surface area contributed by atoms with Gasteiger partial charge in [0, 0.05) is 40.6 Å². The zero-order valence-electron chi connectivity index (χ0n) is 30.1. The smallest absolute Gasteiger partial charge is 0.227 e. The highest BCUT2D eigenvalue weighted by Crippen LogP contribution is 2.37. The van der Waals surface area contributed by atoms with Crippen LogP contribution in [0.2, 0.25) is 20.1 Å². The average molecular weight is 833 g/mol. The van der Waals surface area contributed by atoms with Gasteiger partial charge in [0.2, 0.25) is 11.8 Å². The number of nitrogens with zero attached hydrogens (tertiary/aromatic N) is 4. The molecule has 278 valence electrons. The maximum absolute atomic E-state index is 6.19. The number of hydrogen-bond donors (Lipinski definition) is 0. The van der Waals surface area contributed by atoms with Crippen molar-refractivity contribution in [2.24, 2.45) is 0 Å². The first-order valence-electron chi connectivity index (χ1n) is 18.2. The third kappa shape index (κ3) is 6.91. The van der Waals surface area contributed by atoms with E-state index in [1.54, 1.807) is 30.5 Å². The molecule has 0 fully saturated rings. The van der Waals surface area contributed by atoms with Gasteiger partial charge in [0.1, 0.15) is 11.0 Å². The molecule has 0 saturated heterocycles. The zero-order valence-corrected chi connectivity index (χ0v) is 33.2. The summed E-state index contributed by atoms with van der Waals surface area (Å²) in [6.07, 6.45) is 1.78. The number of pyridine rings is 2. The van der Waals surface area contributed by atoms with Gasteiger partial charge >= 0.3 is 0 Å². The molecule has 0 atom stereocenters. The maximum atomic E-state index is 6.19. The molecule has 6 nitrogen and oxygen atoms in total. The summed E-state index contributed by atoms with van der Waals surface area (Å²) >= 11 is 24.7. The van der Waals surface area contributed by atoms with E-state index in [-0.39, 0.29) is 0 Å². The molecule has 0 aliphatic heterocycles. The van der Waals surface area contributed by atoms with Gasteiger partial charge in [0.25, 0.3) is 0 Å². The van der Waals surface area contributed by atoms with Crippen molar-refractivity contribution in [3.63, 3.8) is 0 Å². The SMILES string of the molecule is Clc1cc2nc(-c3ccc(-c4ccc(-c5ccc(-c6ccccn6)nc5-c5ccc(-c6ccc(-c7nc8cc(Cl)c(Cl)cc8o7)cc6)cc5)cc4)cc3)oc2cc1Cl. The Morgan fingerprint density at radius 3 is 1.26 bits per heavy atom. The fourth-order valence-corrected chi connectivity index (χ4v) is 7.56. The number of rotatable bonds is 7. The van der Waals surface area contributed by atoms with E-state index in [0.29, 0.717) is 54.1 Å². The Balaban J connectivity index is 0.931. The standard InChI is InChI=1S/C48H26Cl4N4O2/c49-36-23-42-44(25-38(36)51)57-47(55-42)33-16-8-29(9-17-33)27-4-12-31(13-5-27)35-20-21-41(40-3-1-2-22-53-40)54-46(35)32-14-6-28(7-15-32)30-10-18-34(19-11-30)48-56-43-24-37(50)39(52)26-45(43)58-48/h1-26H. The van der Waals surface area contributed by atoms with Gasteiger partial charge in [-0.15, -0.1) is 0 Å². The Morgan fingerprint density at radius 1 is 0.362 bits per heavy atom. The molecule has 0 N–H and O–H groups in total. The molecule has 10 heteroatoms. The van der Waals surface area contributed by atoms with Crippen molar-refractivity contribution in [3.05, 3.63) is 178 Å². The fraction of sp³-hybridized carbons (Fsp3) is 0. The molecule has 4 aromatic heterocycles. The van der Waals surface area contributed by atoms with Crippen LogP contribution in [0.3, 0.4) is 0 Å². The molecule has 4 heterocycles. The van der Waals surface area contributed by atoms with Crippen LogP contribution in [0, 0.1) is 0 Å². The summed E-state index contributed by atoms with van der Waals surface area (Å²) in [6, 6.07) is 50.0. The van der Waals surface area contributed by atoms with Crippen LogP contribution in [0.15, 0.2) is 167 Å². The van der Waals surface area contributed by atoms with Gasteiger partial charge in [-0.25, -0.2) is 15.0 Å². The molecule has 0 unspecified atom stereocenters. The highest BCUT2D eigenvalue weighted by atomic mass is 35.5. The van der Waals surface area contributed by atoms with Crippen molar-refractivity contribution < 1.29 is 8.83 Å². The molecule has 0 spiro atoms.